The molecule has 29 heavy (non-hydrogen) atoms. The predicted molar refractivity (Wildman–Crippen MR) is 100 cm³/mol. The van der Waals surface area contributed by atoms with Gasteiger partial charge in [0.1, 0.15) is 5.78 Å². The minimum Gasteiger partial charge on any atom is -0.335 e. The summed E-state index contributed by atoms with van der Waals surface area (Å²) in [6, 6.07) is 23.3. The summed E-state index contributed by atoms with van der Waals surface area (Å²) in [6.45, 7) is 0. The molecule has 4 aromatic rings. The summed E-state index contributed by atoms with van der Waals surface area (Å²) in [5.41, 5.74) is 1.13. The maximum Gasteiger partial charge on any atom is 2.00 e. The molecule has 0 saturated heterocycles. The number of carbonyl (C=O) groups is 1. The van der Waals surface area contributed by atoms with Crippen LogP contribution in [0.3, 0.4) is 0 Å². The van der Waals surface area contributed by atoms with Crippen molar-refractivity contribution in [2.24, 2.45) is 0 Å². The average molecular weight is 565 g/mol. The van der Waals surface area contributed by atoms with E-state index in [0.717, 1.165) is 5.56 Å². The van der Waals surface area contributed by atoms with Gasteiger partial charge in [-0.2, -0.15) is 0 Å². The van der Waals surface area contributed by atoms with Crippen molar-refractivity contribution in [3.63, 3.8) is 0 Å². The van der Waals surface area contributed by atoms with Crippen LogP contribution >= 0.6 is 0 Å². The molecule has 6 heteroatoms. The molecule has 0 fully saturated rings. The SMILES string of the molecule is O=C(c1ccccn1)c1[c-]c(-c2cccc(-c3[c-]cccc3)n2)c(F)cc1F.[Pt+2]. The molecule has 144 valence electrons. The smallest absolute Gasteiger partial charge is 0.335 e. The number of rotatable bonds is 4. The Bertz CT molecular complexity index is 1150. The molecule has 0 saturated carbocycles. The van der Waals surface area contributed by atoms with E-state index in [2.05, 4.69) is 22.1 Å². The van der Waals surface area contributed by atoms with Crippen LogP contribution in [0, 0.1) is 23.8 Å². The summed E-state index contributed by atoms with van der Waals surface area (Å²) in [7, 11) is 0. The fourth-order valence-electron chi connectivity index (χ4n) is 2.75. The molecular weight excluding hydrogens is 553 g/mol. The number of halogens is 2. The molecule has 2 aromatic heterocycles. The average Bonchev–Trinajstić information content (AvgIpc) is 2.75. The number of pyridine rings is 2. The molecule has 0 N–H and O–H groups in total. The molecule has 0 aliphatic heterocycles. The van der Waals surface area contributed by atoms with E-state index in [4.69, 9.17) is 0 Å². The second kappa shape index (κ2) is 8.97. The van der Waals surface area contributed by atoms with Crippen LogP contribution in [0.5, 0.6) is 0 Å². The first-order valence-corrected chi connectivity index (χ1v) is 8.45. The van der Waals surface area contributed by atoms with E-state index in [1.165, 1.54) is 12.3 Å². The van der Waals surface area contributed by atoms with Crippen LogP contribution < -0.4 is 0 Å². The normalized spacial score (nSPS) is 10.3. The predicted octanol–water partition coefficient (Wildman–Crippen LogP) is 4.92. The van der Waals surface area contributed by atoms with Crippen molar-refractivity contribution in [1.82, 2.24) is 9.97 Å². The van der Waals surface area contributed by atoms with Crippen molar-refractivity contribution in [3.8, 4) is 22.5 Å². The van der Waals surface area contributed by atoms with Gasteiger partial charge in [-0.1, -0.05) is 35.9 Å². The summed E-state index contributed by atoms with van der Waals surface area (Å²) in [5, 5.41) is 0. The molecule has 0 radical (unpaired) electrons. The molecule has 3 nitrogen and oxygen atoms in total. The number of hydrogen-bond donors (Lipinski definition) is 0. The first kappa shape index (κ1) is 20.7. The van der Waals surface area contributed by atoms with Gasteiger partial charge < -0.3 is 9.78 Å². The van der Waals surface area contributed by atoms with E-state index in [0.29, 0.717) is 11.8 Å². The third kappa shape index (κ3) is 4.36. The van der Waals surface area contributed by atoms with Crippen molar-refractivity contribution < 1.29 is 34.6 Å². The maximum absolute atomic E-state index is 14.5. The van der Waals surface area contributed by atoms with Gasteiger partial charge in [0.25, 0.3) is 0 Å². The van der Waals surface area contributed by atoms with Crippen molar-refractivity contribution in [1.29, 1.82) is 0 Å². The molecule has 0 atom stereocenters. The van der Waals surface area contributed by atoms with Crippen LogP contribution in [0.15, 0.2) is 72.9 Å². The van der Waals surface area contributed by atoms with Crippen LogP contribution in [0.1, 0.15) is 16.1 Å². The summed E-state index contributed by atoms with van der Waals surface area (Å²) >= 11 is 0. The molecular formula is C23H12F2N2OPt. The molecule has 0 aliphatic carbocycles. The Kier molecular flexibility index (Phi) is 6.40. The second-order valence-electron chi connectivity index (χ2n) is 5.94. The number of aromatic nitrogens is 2. The van der Waals surface area contributed by atoms with Gasteiger partial charge in [-0.25, -0.2) is 0 Å². The minimum absolute atomic E-state index is 0. The molecule has 0 spiro atoms. The molecule has 0 amide bonds. The van der Waals surface area contributed by atoms with Crippen molar-refractivity contribution >= 4 is 5.78 Å². The Balaban J connectivity index is 0.00000240. The zero-order valence-corrected chi connectivity index (χ0v) is 17.1. The Morgan fingerprint density at radius 2 is 1.69 bits per heavy atom. The molecule has 0 bridgehead atoms. The molecule has 0 unspecified atom stereocenters. The van der Waals surface area contributed by atoms with E-state index in [1.807, 2.05) is 18.2 Å². The van der Waals surface area contributed by atoms with Gasteiger partial charge in [0.2, 0.25) is 0 Å². The van der Waals surface area contributed by atoms with Crippen LogP contribution in [0.25, 0.3) is 22.5 Å². The number of benzene rings is 2. The quantitative estimate of drug-likeness (QED) is 0.261. The Morgan fingerprint density at radius 1 is 0.897 bits per heavy atom. The van der Waals surface area contributed by atoms with E-state index in [-0.39, 0.29) is 43.6 Å². The number of ketones is 1. The molecule has 2 heterocycles. The van der Waals surface area contributed by atoms with Gasteiger partial charge in [0, 0.05) is 6.20 Å². The van der Waals surface area contributed by atoms with Crippen LogP contribution in [-0.4, -0.2) is 15.8 Å². The van der Waals surface area contributed by atoms with E-state index < -0.39 is 17.4 Å². The zero-order chi connectivity index (χ0) is 19.5. The van der Waals surface area contributed by atoms with Gasteiger partial charge in [-0.15, -0.1) is 42.0 Å². The standard InChI is InChI=1S/C23H12F2N2O.Pt/c24-18-14-19(25)17(23(28)22-9-4-5-12-26-22)13-16(18)21-11-6-10-20(27-21)15-7-2-1-3-8-15;/h1-7,9-12,14H;/q-2;+2. The molecule has 2 aromatic carbocycles. The fourth-order valence-corrected chi connectivity index (χ4v) is 2.75. The van der Waals surface area contributed by atoms with Crippen molar-refractivity contribution in [2.75, 3.05) is 0 Å². The van der Waals surface area contributed by atoms with Gasteiger partial charge in [0.15, 0.2) is 0 Å². The van der Waals surface area contributed by atoms with Gasteiger partial charge in [-0.05, 0) is 29.1 Å². The van der Waals surface area contributed by atoms with Crippen molar-refractivity contribution in [2.45, 2.75) is 0 Å². The third-order valence-corrected chi connectivity index (χ3v) is 4.10. The third-order valence-electron chi connectivity index (χ3n) is 4.10. The number of carbonyl (C=O) groups excluding carboxylic acids is 1. The Labute approximate surface area is 180 Å². The summed E-state index contributed by atoms with van der Waals surface area (Å²) in [4.78, 5) is 20.9. The maximum atomic E-state index is 14.5. The Hall–Kier alpha value is -3.04. The monoisotopic (exact) mass is 565 g/mol. The van der Waals surface area contributed by atoms with Gasteiger partial charge in [-0.3, -0.25) is 13.8 Å². The minimum atomic E-state index is -0.996. The summed E-state index contributed by atoms with van der Waals surface area (Å²) < 4.78 is 28.8. The van der Waals surface area contributed by atoms with E-state index >= 15 is 0 Å². The van der Waals surface area contributed by atoms with Crippen LogP contribution in [0.4, 0.5) is 8.78 Å². The topological polar surface area (TPSA) is 42.9 Å². The number of nitrogens with zero attached hydrogens (tertiary/aromatic N) is 2. The van der Waals surface area contributed by atoms with Gasteiger partial charge in [0.05, 0.1) is 17.3 Å². The summed E-state index contributed by atoms with van der Waals surface area (Å²) in [6.07, 6.45) is 1.43. The zero-order valence-electron chi connectivity index (χ0n) is 14.8. The first-order valence-electron chi connectivity index (χ1n) is 8.45. The molecule has 0 aliphatic rings. The van der Waals surface area contributed by atoms with Crippen LogP contribution in [0.2, 0.25) is 0 Å². The molecule has 4 rings (SSSR count). The Morgan fingerprint density at radius 3 is 2.41 bits per heavy atom. The van der Waals surface area contributed by atoms with E-state index in [9.17, 15) is 13.6 Å². The second-order valence-corrected chi connectivity index (χ2v) is 5.94. The van der Waals surface area contributed by atoms with Crippen molar-refractivity contribution in [3.05, 3.63) is 108 Å². The van der Waals surface area contributed by atoms with Gasteiger partial charge >= 0.3 is 21.1 Å². The largest absolute Gasteiger partial charge is 2.00 e. The first-order chi connectivity index (χ1) is 13.6. The fraction of sp³-hybridized carbons (Fsp3) is 0. The summed E-state index contributed by atoms with van der Waals surface area (Å²) in [5.74, 6) is -2.52. The van der Waals surface area contributed by atoms with E-state index in [1.54, 1.807) is 36.4 Å². The van der Waals surface area contributed by atoms with Crippen LogP contribution in [-0.2, 0) is 21.1 Å². The number of hydrogen-bond acceptors (Lipinski definition) is 3.